The number of benzene rings is 1. The van der Waals surface area contributed by atoms with Crippen LogP contribution in [0.1, 0.15) is 29.9 Å². The highest BCUT2D eigenvalue weighted by atomic mass is 16.4. The van der Waals surface area contributed by atoms with Gasteiger partial charge in [-0.15, -0.1) is 0 Å². The zero-order valence-corrected chi connectivity index (χ0v) is 19.2. The number of aryl methyl sites for hydroxylation is 1. The molecule has 0 radical (unpaired) electrons. The van der Waals surface area contributed by atoms with Crippen LogP contribution < -0.4 is 27.0 Å². The normalized spacial score (nSPS) is 20.2. The number of aromatic nitrogens is 2. The quantitative estimate of drug-likeness (QED) is 0.386. The third kappa shape index (κ3) is 4.72. The standard InChI is InChI=1S/C24H29N7O3/c1-3-14-4-5-15-9-16(25)22(28-18(15)8-14)23(32)29-19-10-27-7-6-20(19)31-11-13(2)21(17(26)12-31)30-24(33)34/h4-10,13,17,21,30H,3,11-12,25-26H2,1-2H3,(H,29,32)(H,33,34). The molecule has 3 aromatic rings. The lowest BCUT2D eigenvalue weighted by Crippen LogP contribution is -2.61. The molecule has 10 heteroatoms. The van der Waals surface area contributed by atoms with E-state index >= 15 is 0 Å². The van der Waals surface area contributed by atoms with Gasteiger partial charge in [-0.05, 0) is 36.1 Å². The van der Waals surface area contributed by atoms with Gasteiger partial charge in [0.1, 0.15) is 0 Å². The Kier molecular flexibility index (Phi) is 6.51. The molecule has 2 aromatic heterocycles. The van der Waals surface area contributed by atoms with Gasteiger partial charge in [-0.3, -0.25) is 9.78 Å². The molecule has 1 fully saturated rings. The number of carboxylic acid groups (broad SMARTS) is 1. The van der Waals surface area contributed by atoms with Crippen molar-refractivity contribution in [3.63, 3.8) is 0 Å². The molecule has 10 nitrogen and oxygen atoms in total. The molecule has 2 amide bonds. The number of nitrogens with one attached hydrogen (secondary N) is 2. The first-order valence-electron chi connectivity index (χ1n) is 11.2. The molecule has 34 heavy (non-hydrogen) atoms. The second-order valence-corrected chi connectivity index (χ2v) is 8.68. The summed E-state index contributed by atoms with van der Waals surface area (Å²) in [5, 5.41) is 15.4. The molecule has 7 N–H and O–H groups in total. The van der Waals surface area contributed by atoms with Crippen LogP contribution in [0.3, 0.4) is 0 Å². The van der Waals surface area contributed by atoms with E-state index in [1.165, 1.54) is 0 Å². The number of hydrogen-bond donors (Lipinski definition) is 5. The van der Waals surface area contributed by atoms with E-state index in [0.717, 1.165) is 23.1 Å². The molecule has 0 bridgehead atoms. The number of nitrogen functional groups attached to an aromatic ring is 1. The summed E-state index contributed by atoms with van der Waals surface area (Å²) in [7, 11) is 0. The summed E-state index contributed by atoms with van der Waals surface area (Å²) in [4.78, 5) is 35.0. The smallest absolute Gasteiger partial charge is 0.404 e. The van der Waals surface area contributed by atoms with Crippen LogP contribution in [0.4, 0.5) is 21.9 Å². The second-order valence-electron chi connectivity index (χ2n) is 8.68. The van der Waals surface area contributed by atoms with Gasteiger partial charge in [-0.25, -0.2) is 9.78 Å². The van der Waals surface area contributed by atoms with Crippen molar-refractivity contribution < 1.29 is 14.7 Å². The fourth-order valence-electron chi connectivity index (χ4n) is 4.49. The topological polar surface area (TPSA) is 159 Å². The van der Waals surface area contributed by atoms with Crippen molar-refractivity contribution in [1.29, 1.82) is 0 Å². The first kappa shape index (κ1) is 23.2. The molecule has 1 aliphatic rings. The Morgan fingerprint density at radius 3 is 2.74 bits per heavy atom. The largest absolute Gasteiger partial charge is 0.465 e. The number of fused-ring (bicyclic) bond motifs is 1. The van der Waals surface area contributed by atoms with Gasteiger partial charge in [-0.1, -0.05) is 26.0 Å². The maximum atomic E-state index is 13.2. The lowest BCUT2D eigenvalue weighted by molar-refractivity contribution is 0.102. The number of anilines is 3. The van der Waals surface area contributed by atoms with Crippen molar-refractivity contribution in [3.8, 4) is 0 Å². The number of piperidine rings is 1. The van der Waals surface area contributed by atoms with Crippen molar-refractivity contribution in [2.75, 3.05) is 29.0 Å². The van der Waals surface area contributed by atoms with Crippen LogP contribution in [0.5, 0.6) is 0 Å². The number of hydrogen-bond acceptors (Lipinski definition) is 7. The van der Waals surface area contributed by atoms with Crippen molar-refractivity contribution in [1.82, 2.24) is 15.3 Å². The highest BCUT2D eigenvalue weighted by Crippen LogP contribution is 2.30. The molecule has 4 rings (SSSR count). The molecule has 0 saturated carbocycles. The van der Waals surface area contributed by atoms with Gasteiger partial charge in [0, 0.05) is 30.7 Å². The van der Waals surface area contributed by atoms with E-state index in [9.17, 15) is 9.59 Å². The van der Waals surface area contributed by atoms with E-state index in [1.807, 2.05) is 30.0 Å². The lowest BCUT2D eigenvalue weighted by Gasteiger charge is -2.42. The number of carbonyl (C=O) groups excluding carboxylic acids is 1. The highest BCUT2D eigenvalue weighted by molar-refractivity contribution is 6.09. The molecule has 1 aliphatic heterocycles. The van der Waals surface area contributed by atoms with Crippen LogP contribution >= 0.6 is 0 Å². The van der Waals surface area contributed by atoms with Gasteiger partial charge in [0.25, 0.3) is 5.91 Å². The Balaban J connectivity index is 1.59. The van der Waals surface area contributed by atoms with Crippen LogP contribution in [0, 0.1) is 5.92 Å². The molecule has 1 aromatic carbocycles. The zero-order valence-electron chi connectivity index (χ0n) is 19.2. The second kappa shape index (κ2) is 9.52. The minimum Gasteiger partial charge on any atom is -0.465 e. The molecule has 178 valence electrons. The summed E-state index contributed by atoms with van der Waals surface area (Å²) in [6.07, 6.45) is 2.97. The van der Waals surface area contributed by atoms with Crippen LogP contribution in [0.15, 0.2) is 42.7 Å². The molecular formula is C24H29N7O3. The molecule has 0 aliphatic carbocycles. The third-order valence-electron chi connectivity index (χ3n) is 6.23. The first-order chi connectivity index (χ1) is 16.3. The Morgan fingerprint density at radius 1 is 1.24 bits per heavy atom. The van der Waals surface area contributed by atoms with E-state index in [-0.39, 0.29) is 23.3 Å². The van der Waals surface area contributed by atoms with Crippen molar-refractivity contribution in [2.45, 2.75) is 32.4 Å². The highest BCUT2D eigenvalue weighted by Gasteiger charge is 2.34. The predicted octanol–water partition coefficient (Wildman–Crippen LogP) is 2.45. The average Bonchev–Trinajstić information content (AvgIpc) is 2.80. The van der Waals surface area contributed by atoms with E-state index < -0.39 is 18.0 Å². The van der Waals surface area contributed by atoms with Crippen molar-refractivity contribution in [2.24, 2.45) is 11.7 Å². The Bertz CT molecular complexity index is 1220. The van der Waals surface area contributed by atoms with Gasteiger partial charge in [0.2, 0.25) is 0 Å². The molecule has 3 unspecified atom stereocenters. The minimum absolute atomic E-state index is 0.0397. The summed E-state index contributed by atoms with van der Waals surface area (Å²) in [5.41, 5.74) is 16.0. The van der Waals surface area contributed by atoms with Crippen LogP contribution in [-0.4, -0.2) is 52.2 Å². The number of nitrogens with zero attached hydrogens (tertiary/aromatic N) is 3. The molecular weight excluding hydrogens is 434 g/mol. The van der Waals surface area contributed by atoms with Gasteiger partial charge >= 0.3 is 6.09 Å². The summed E-state index contributed by atoms with van der Waals surface area (Å²) >= 11 is 0. The van der Waals surface area contributed by atoms with Crippen LogP contribution in [0.25, 0.3) is 10.9 Å². The fraction of sp³-hybridized carbons (Fsp3) is 0.333. The maximum Gasteiger partial charge on any atom is 0.404 e. The zero-order chi connectivity index (χ0) is 24.4. The van der Waals surface area contributed by atoms with Gasteiger partial charge in [-0.2, -0.15) is 0 Å². The molecule has 1 saturated heterocycles. The third-order valence-corrected chi connectivity index (χ3v) is 6.23. The van der Waals surface area contributed by atoms with Crippen molar-refractivity contribution in [3.05, 3.63) is 54.0 Å². The fourth-order valence-corrected chi connectivity index (χ4v) is 4.49. The number of carbonyl (C=O) groups is 2. The monoisotopic (exact) mass is 463 g/mol. The van der Waals surface area contributed by atoms with Crippen molar-refractivity contribution >= 4 is 40.0 Å². The van der Waals surface area contributed by atoms with Crippen LogP contribution in [0.2, 0.25) is 0 Å². The molecule has 0 spiro atoms. The van der Waals surface area contributed by atoms with E-state index in [2.05, 4.69) is 27.5 Å². The Labute approximate surface area is 197 Å². The first-order valence-corrected chi connectivity index (χ1v) is 11.2. The summed E-state index contributed by atoms with van der Waals surface area (Å²) < 4.78 is 0. The Morgan fingerprint density at radius 2 is 2.03 bits per heavy atom. The number of pyridine rings is 2. The van der Waals surface area contributed by atoms with Crippen LogP contribution in [-0.2, 0) is 6.42 Å². The van der Waals surface area contributed by atoms with Gasteiger partial charge in [0.15, 0.2) is 5.69 Å². The predicted molar refractivity (Wildman–Crippen MR) is 132 cm³/mol. The van der Waals surface area contributed by atoms with E-state index in [4.69, 9.17) is 16.6 Å². The SMILES string of the molecule is CCc1ccc2cc(N)c(C(=O)Nc3cnccc3N3CC(C)C(NC(=O)O)C(N)C3)nc2c1. The number of nitrogens with two attached hydrogens (primary N) is 2. The molecule has 3 heterocycles. The lowest BCUT2D eigenvalue weighted by atomic mass is 9.90. The van der Waals surface area contributed by atoms with E-state index in [1.54, 1.807) is 24.5 Å². The van der Waals surface area contributed by atoms with Gasteiger partial charge < -0.3 is 32.1 Å². The van der Waals surface area contributed by atoms with Gasteiger partial charge in [0.05, 0.1) is 34.8 Å². The average molecular weight is 464 g/mol. The summed E-state index contributed by atoms with van der Waals surface area (Å²) in [6.45, 7) is 4.97. The van der Waals surface area contributed by atoms with E-state index in [0.29, 0.717) is 24.3 Å². The Hall–Kier alpha value is -3.92. The number of rotatable bonds is 5. The number of amides is 2. The summed E-state index contributed by atoms with van der Waals surface area (Å²) in [5.74, 6) is -0.475. The minimum atomic E-state index is -1.09. The maximum absolute atomic E-state index is 13.2. The summed E-state index contributed by atoms with van der Waals surface area (Å²) in [6, 6.07) is 8.70. The molecule has 3 atom stereocenters.